The molecule has 1 aromatic heterocycles. The van der Waals surface area contributed by atoms with E-state index in [1.54, 1.807) is 12.3 Å². The number of hydrogen-bond acceptors (Lipinski definition) is 3. The number of hydrazine groups is 1. The standard InChI is InChI=1S/C12H12BrN3O2/c13-8-1-2-10-9(7-8)11(17)3-5-16(10)6-4-12(18)15-14/h1-3,5,7H,4,6,14H2,(H,15,18). The van der Waals surface area contributed by atoms with E-state index in [0.717, 1.165) is 9.99 Å². The molecule has 0 aliphatic carbocycles. The van der Waals surface area contributed by atoms with Gasteiger partial charge in [0, 0.05) is 35.1 Å². The highest BCUT2D eigenvalue weighted by molar-refractivity contribution is 9.10. The zero-order chi connectivity index (χ0) is 13.1. The summed E-state index contributed by atoms with van der Waals surface area (Å²) in [4.78, 5) is 22.9. The third-order valence-corrected chi connectivity index (χ3v) is 3.17. The average molecular weight is 310 g/mol. The van der Waals surface area contributed by atoms with E-state index in [1.165, 1.54) is 6.07 Å². The molecule has 0 fully saturated rings. The number of aromatic nitrogens is 1. The van der Waals surface area contributed by atoms with E-state index >= 15 is 0 Å². The molecule has 18 heavy (non-hydrogen) atoms. The molecular formula is C12H12BrN3O2. The highest BCUT2D eigenvalue weighted by atomic mass is 79.9. The molecule has 0 radical (unpaired) electrons. The lowest BCUT2D eigenvalue weighted by Gasteiger charge is -2.10. The normalized spacial score (nSPS) is 10.6. The van der Waals surface area contributed by atoms with E-state index < -0.39 is 0 Å². The summed E-state index contributed by atoms with van der Waals surface area (Å²) < 4.78 is 2.71. The fraction of sp³-hybridized carbons (Fsp3) is 0.167. The molecule has 3 N–H and O–H groups in total. The number of hydrogen-bond donors (Lipinski definition) is 2. The summed E-state index contributed by atoms with van der Waals surface area (Å²) in [5.74, 6) is 4.79. The zero-order valence-corrected chi connectivity index (χ0v) is 11.1. The summed E-state index contributed by atoms with van der Waals surface area (Å²) in [5, 5.41) is 0.625. The molecule has 0 bridgehead atoms. The van der Waals surface area contributed by atoms with Crippen molar-refractivity contribution >= 4 is 32.7 Å². The van der Waals surface area contributed by atoms with Crippen molar-refractivity contribution in [2.24, 2.45) is 5.84 Å². The van der Waals surface area contributed by atoms with E-state index in [-0.39, 0.29) is 17.8 Å². The highest BCUT2D eigenvalue weighted by Crippen LogP contribution is 2.17. The maximum atomic E-state index is 11.7. The van der Waals surface area contributed by atoms with Gasteiger partial charge in [-0.15, -0.1) is 0 Å². The number of nitrogens with one attached hydrogen (secondary N) is 1. The summed E-state index contributed by atoms with van der Waals surface area (Å²) in [6.45, 7) is 0.474. The van der Waals surface area contributed by atoms with Crippen molar-refractivity contribution in [1.29, 1.82) is 0 Å². The second-order valence-electron chi connectivity index (χ2n) is 3.85. The molecule has 0 saturated carbocycles. The Morgan fingerprint density at radius 2 is 2.17 bits per heavy atom. The molecule has 0 spiro atoms. The summed E-state index contributed by atoms with van der Waals surface area (Å²) in [6, 6.07) is 6.98. The van der Waals surface area contributed by atoms with Crippen LogP contribution in [0.5, 0.6) is 0 Å². The Kier molecular flexibility index (Phi) is 3.78. The molecule has 6 heteroatoms. The number of carbonyl (C=O) groups is 1. The van der Waals surface area contributed by atoms with Crippen LogP contribution in [-0.4, -0.2) is 10.5 Å². The van der Waals surface area contributed by atoms with Crippen molar-refractivity contribution in [2.75, 3.05) is 0 Å². The lowest BCUT2D eigenvalue weighted by molar-refractivity contribution is -0.121. The number of amides is 1. The molecule has 0 saturated heterocycles. The predicted octanol–water partition coefficient (Wildman–Crippen LogP) is 1.14. The lowest BCUT2D eigenvalue weighted by atomic mass is 10.2. The molecule has 0 atom stereocenters. The summed E-state index contributed by atoms with van der Waals surface area (Å²) in [6.07, 6.45) is 1.95. The first-order valence-electron chi connectivity index (χ1n) is 5.40. The number of halogens is 1. The molecule has 2 rings (SSSR count). The first-order valence-corrected chi connectivity index (χ1v) is 6.19. The van der Waals surface area contributed by atoms with Gasteiger partial charge in [-0.2, -0.15) is 0 Å². The van der Waals surface area contributed by atoms with E-state index in [4.69, 9.17) is 5.84 Å². The van der Waals surface area contributed by atoms with E-state index in [0.29, 0.717) is 11.9 Å². The number of carbonyl (C=O) groups excluding carboxylic acids is 1. The van der Waals surface area contributed by atoms with Crippen molar-refractivity contribution in [3.05, 3.63) is 45.2 Å². The lowest BCUT2D eigenvalue weighted by Crippen LogP contribution is -2.30. The van der Waals surface area contributed by atoms with Gasteiger partial charge in [-0.05, 0) is 18.2 Å². The van der Waals surface area contributed by atoms with Gasteiger partial charge in [0.05, 0.1) is 5.52 Å². The molecule has 94 valence electrons. The van der Waals surface area contributed by atoms with Crippen LogP contribution in [0.3, 0.4) is 0 Å². The van der Waals surface area contributed by atoms with Gasteiger partial charge >= 0.3 is 0 Å². The van der Waals surface area contributed by atoms with Crippen LogP contribution in [-0.2, 0) is 11.3 Å². The van der Waals surface area contributed by atoms with Gasteiger partial charge in [-0.1, -0.05) is 15.9 Å². The van der Waals surface area contributed by atoms with Crippen molar-refractivity contribution < 1.29 is 4.79 Å². The summed E-state index contributed by atoms with van der Waals surface area (Å²) >= 11 is 3.34. The van der Waals surface area contributed by atoms with Crippen molar-refractivity contribution in [3.63, 3.8) is 0 Å². The maximum absolute atomic E-state index is 11.7. The topological polar surface area (TPSA) is 77.1 Å². The molecule has 1 amide bonds. The number of nitrogens with zero attached hydrogens (tertiary/aromatic N) is 1. The maximum Gasteiger partial charge on any atom is 0.235 e. The van der Waals surface area contributed by atoms with E-state index in [2.05, 4.69) is 21.4 Å². The van der Waals surface area contributed by atoms with Crippen LogP contribution in [0.1, 0.15) is 6.42 Å². The van der Waals surface area contributed by atoms with Gasteiger partial charge in [0.25, 0.3) is 0 Å². The van der Waals surface area contributed by atoms with Gasteiger partial charge in [0.15, 0.2) is 5.43 Å². The molecule has 1 aromatic carbocycles. The second kappa shape index (κ2) is 5.32. The quantitative estimate of drug-likeness (QED) is 0.507. The Bertz CT molecular complexity index is 651. The molecule has 0 aliphatic rings. The van der Waals surface area contributed by atoms with Crippen LogP contribution in [0.15, 0.2) is 39.7 Å². The number of benzene rings is 1. The fourth-order valence-corrected chi connectivity index (χ4v) is 2.13. The third-order valence-electron chi connectivity index (χ3n) is 2.68. The molecule has 1 heterocycles. The van der Waals surface area contributed by atoms with Gasteiger partial charge in [0.1, 0.15) is 0 Å². The van der Waals surface area contributed by atoms with Crippen molar-refractivity contribution in [1.82, 2.24) is 9.99 Å². The monoisotopic (exact) mass is 309 g/mol. The number of nitrogens with two attached hydrogens (primary N) is 1. The van der Waals surface area contributed by atoms with Gasteiger partial charge in [0.2, 0.25) is 5.91 Å². The molecule has 0 unspecified atom stereocenters. The second-order valence-corrected chi connectivity index (χ2v) is 4.77. The molecular weight excluding hydrogens is 298 g/mol. The largest absolute Gasteiger partial charge is 0.347 e. The Labute approximate surface area is 112 Å². The number of fused-ring (bicyclic) bond motifs is 1. The van der Waals surface area contributed by atoms with Gasteiger partial charge in [-0.3, -0.25) is 15.0 Å². The summed E-state index contributed by atoms with van der Waals surface area (Å²) in [7, 11) is 0. The number of aryl methyl sites for hydroxylation is 1. The Balaban J connectivity index is 2.43. The van der Waals surface area contributed by atoms with Crippen LogP contribution in [0.2, 0.25) is 0 Å². The highest BCUT2D eigenvalue weighted by Gasteiger charge is 2.05. The van der Waals surface area contributed by atoms with E-state index in [1.807, 2.05) is 16.7 Å². The Morgan fingerprint density at radius 3 is 2.89 bits per heavy atom. The smallest absolute Gasteiger partial charge is 0.235 e. The number of pyridine rings is 1. The van der Waals surface area contributed by atoms with Gasteiger partial charge < -0.3 is 4.57 Å². The SMILES string of the molecule is NNC(=O)CCn1ccc(=O)c2cc(Br)ccc21. The van der Waals surface area contributed by atoms with Crippen molar-refractivity contribution in [2.45, 2.75) is 13.0 Å². The van der Waals surface area contributed by atoms with Gasteiger partial charge in [-0.25, -0.2) is 5.84 Å². The predicted molar refractivity (Wildman–Crippen MR) is 72.9 cm³/mol. The van der Waals surface area contributed by atoms with Crippen molar-refractivity contribution in [3.8, 4) is 0 Å². The van der Waals surface area contributed by atoms with E-state index in [9.17, 15) is 9.59 Å². The number of rotatable bonds is 3. The van der Waals surface area contributed by atoms with Crippen LogP contribution < -0.4 is 16.7 Å². The third kappa shape index (κ3) is 2.60. The first-order chi connectivity index (χ1) is 8.61. The fourth-order valence-electron chi connectivity index (χ4n) is 1.77. The van der Waals surface area contributed by atoms with Crippen LogP contribution in [0, 0.1) is 0 Å². The summed E-state index contributed by atoms with van der Waals surface area (Å²) in [5.41, 5.74) is 2.85. The van der Waals surface area contributed by atoms with Crippen LogP contribution >= 0.6 is 15.9 Å². The molecule has 5 nitrogen and oxygen atoms in total. The minimum Gasteiger partial charge on any atom is -0.347 e. The molecule has 2 aromatic rings. The first kappa shape index (κ1) is 12.8. The Morgan fingerprint density at radius 1 is 1.39 bits per heavy atom. The minimum absolute atomic E-state index is 0.0363. The molecule has 0 aliphatic heterocycles. The van der Waals surface area contributed by atoms with Crippen LogP contribution in [0.25, 0.3) is 10.9 Å². The minimum atomic E-state index is -0.237. The average Bonchev–Trinajstić information content (AvgIpc) is 2.38. The van der Waals surface area contributed by atoms with Crippen LogP contribution in [0.4, 0.5) is 0 Å². The zero-order valence-electron chi connectivity index (χ0n) is 9.52. The Hall–Kier alpha value is -1.66.